The first-order valence-electron chi connectivity index (χ1n) is 7.22. The van der Waals surface area contributed by atoms with E-state index >= 15 is 0 Å². The maximum Gasteiger partial charge on any atom is 0.0663 e. The van der Waals surface area contributed by atoms with Gasteiger partial charge in [0.2, 0.25) is 0 Å². The Morgan fingerprint density at radius 3 is 2.83 bits per heavy atom. The molecular formula is C17H27N. The van der Waals surface area contributed by atoms with Crippen molar-refractivity contribution in [1.82, 2.24) is 0 Å². The summed E-state index contributed by atoms with van der Waals surface area (Å²) in [7, 11) is 0. The van der Waals surface area contributed by atoms with Crippen LogP contribution in [0.15, 0.2) is 23.3 Å². The van der Waals surface area contributed by atoms with Crippen molar-refractivity contribution < 1.29 is 0 Å². The number of hydrogen-bond donors (Lipinski definition) is 0. The van der Waals surface area contributed by atoms with E-state index in [9.17, 15) is 0 Å². The molecular weight excluding hydrogens is 218 g/mol. The Hall–Kier alpha value is -1.03. The Morgan fingerprint density at radius 1 is 1.56 bits per heavy atom. The van der Waals surface area contributed by atoms with E-state index in [1.165, 1.54) is 24.8 Å². The molecule has 0 heterocycles. The lowest BCUT2D eigenvalue weighted by Crippen LogP contribution is -2.27. The lowest BCUT2D eigenvalue weighted by Gasteiger charge is -2.38. The van der Waals surface area contributed by atoms with Gasteiger partial charge in [0.15, 0.2) is 0 Å². The van der Waals surface area contributed by atoms with Crippen molar-refractivity contribution in [3.05, 3.63) is 23.3 Å². The number of hydrogen-bond acceptors (Lipinski definition) is 1. The summed E-state index contributed by atoms with van der Waals surface area (Å²) in [5.74, 6) is 0.711. The molecule has 0 saturated carbocycles. The molecule has 1 nitrogen and oxygen atoms in total. The second-order valence-corrected chi connectivity index (χ2v) is 6.14. The van der Waals surface area contributed by atoms with Gasteiger partial charge in [-0.2, -0.15) is 5.26 Å². The van der Waals surface area contributed by atoms with E-state index < -0.39 is 0 Å². The number of allylic oxidation sites excluding steroid dienone is 4. The minimum atomic E-state index is 0.437. The molecule has 0 radical (unpaired) electrons. The normalized spacial score (nSPS) is 23.4. The Balaban J connectivity index is 2.63. The van der Waals surface area contributed by atoms with Crippen LogP contribution in [-0.2, 0) is 0 Å². The van der Waals surface area contributed by atoms with Crippen LogP contribution in [0.4, 0.5) is 0 Å². The summed E-state index contributed by atoms with van der Waals surface area (Å²) < 4.78 is 0. The average Bonchev–Trinajstić information content (AvgIpc) is 2.31. The van der Waals surface area contributed by atoms with E-state index in [1.54, 1.807) is 5.57 Å². The molecule has 0 aromatic heterocycles. The summed E-state index contributed by atoms with van der Waals surface area (Å²) in [6.07, 6.45) is 11.1. The predicted octanol–water partition coefficient (Wildman–Crippen LogP) is 5.40. The highest BCUT2D eigenvalue weighted by Crippen LogP contribution is 2.43. The van der Waals surface area contributed by atoms with E-state index in [1.807, 2.05) is 0 Å². The molecule has 0 saturated heterocycles. The predicted molar refractivity (Wildman–Crippen MR) is 78.1 cm³/mol. The molecule has 0 N–H and O–H groups in total. The zero-order chi connectivity index (χ0) is 13.6. The fraction of sp³-hybridized carbons (Fsp3) is 0.706. The van der Waals surface area contributed by atoms with Crippen LogP contribution < -0.4 is 0 Å². The zero-order valence-electron chi connectivity index (χ0n) is 12.4. The fourth-order valence-electron chi connectivity index (χ4n) is 3.17. The molecule has 1 unspecified atom stereocenters. The van der Waals surface area contributed by atoms with Gasteiger partial charge in [-0.25, -0.2) is 0 Å². The van der Waals surface area contributed by atoms with Crippen LogP contribution in [0.3, 0.4) is 0 Å². The quantitative estimate of drug-likeness (QED) is 0.595. The lowest BCUT2D eigenvalue weighted by molar-refractivity contribution is 0.204. The van der Waals surface area contributed by atoms with Gasteiger partial charge in [-0.3, -0.25) is 0 Å². The van der Waals surface area contributed by atoms with E-state index in [0.717, 1.165) is 12.8 Å². The van der Waals surface area contributed by atoms with Crippen LogP contribution in [0.5, 0.6) is 0 Å². The van der Waals surface area contributed by atoms with Gasteiger partial charge >= 0.3 is 0 Å². The highest BCUT2D eigenvalue weighted by Gasteiger charge is 2.32. The van der Waals surface area contributed by atoms with Crippen LogP contribution >= 0.6 is 0 Å². The molecule has 1 aliphatic rings. The van der Waals surface area contributed by atoms with Crippen molar-refractivity contribution in [3.63, 3.8) is 0 Å². The van der Waals surface area contributed by atoms with Crippen LogP contribution in [0, 0.1) is 22.7 Å². The van der Waals surface area contributed by atoms with Crippen LogP contribution in [-0.4, -0.2) is 0 Å². The van der Waals surface area contributed by atoms with Gasteiger partial charge in [0.1, 0.15) is 0 Å². The second-order valence-electron chi connectivity index (χ2n) is 6.14. The minimum absolute atomic E-state index is 0.437. The molecule has 1 aliphatic carbocycles. The standard InChI is InChI=1S/C17H27N/c1-5-15(9-7-13-18)10-11-16-14(2)8-6-12-17(16,3)4/h8-9,16H,5-7,10-12H2,1-4H3. The van der Waals surface area contributed by atoms with E-state index in [2.05, 4.69) is 45.9 Å². The third-order valence-electron chi connectivity index (χ3n) is 4.44. The Bertz CT molecular complexity index is 366. The molecule has 1 heteroatoms. The molecule has 1 rings (SSSR count). The van der Waals surface area contributed by atoms with Crippen molar-refractivity contribution in [2.45, 2.75) is 66.2 Å². The van der Waals surface area contributed by atoms with Crippen molar-refractivity contribution in [2.24, 2.45) is 11.3 Å². The topological polar surface area (TPSA) is 23.8 Å². The van der Waals surface area contributed by atoms with Gasteiger partial charge in [0.25, 0.3) is 0 Å². The first-order chi connectivity index (χ1) is 8.51. The smallest absolute Gasteiger partial charge is 0.0663 e. The van der Waals surface area contributed by atoms with Crippen molar-refractivity contribution in [1.29, 1.82) is 5.26 Å². The van der Waals surface area contributed by atoms with Gasteiger partial charge < -0.3 is 0 Å². The van der Waals surface area contributed by atoms with Gasteiger partial charge in [-0.1, -0.05) is 44.1 Å². The molecule has 100 valence electrons. The van der Waals surface area contributed by atoms with Gasteiger partial charge in [-0.05, 0) is 50.4 Å². The molecule has 0 aromatic carbocycles. The molecule has 0 fully saturated rings. The summed E-state index contributed by atoms with van der Waals surface area (Å²) in [5.41, 5.74) is 3.46. The van der Waals surface area contributed by atoms with Crippen LogP contribution in [0.25, 0.3) is 0 Å². The third-order valence-corrected chi connectivity index (χ3v) is 4.44. The van der Waals surface area contributed by atoms with Crippen molar-refractivity contribution in [2.75, 3.05) is 0 Å². The number of rotatable bonds is 5. The maximum atomic E-state index is 8.65. The molecule has 0 spiro atoms. The highest BCUT2D eigenvalue weighted by atomic mass is 14.4. The van der Waals surface area contributed by atoms with Gasteiger partial charge in [0.05, 0.1) is 12.5 Å². The maximum absolute atomic E-state index is 8.65. The zero-order valence-corrected chi connectivity index (χ0v) is 12.4. The molecule has 1 atom stereocenters. The van der Waals surface area contributed by atoms with Gasteiger partial charge in [-0.15, -0.1) is 0 Å². The fourth-order valence-corrected chi connectivity index (χ4v) is 3.17. The Morgan fingerprint density at radius 2 is 2.28 bits per heavy atom. The Labute approximate surface area is 113 Å². The molecule has 0 amide bonds. The molecule has 0 aromatic rings. The Kier molecular flexibility index (Phi) is 5.66. The molecule has 18 heavy (non-hydrogen) atoms. The number of nitrogens with zero attached hydrogens (tertiary/aromatic N) is 1. The van der Waals surface area contributed by atoms with Gasteiger partial charge in [0, 0.05) is 0 Å². The largest absolute Gasteiger partial charge is 0.198 e. The third kappa shape index (κ3) is 4.02. The first-order valence-corrected chi connectivity index (χ1v) is 7.22. The monoisotopic (exact) mass is 245 g/mol. The summed E-state index contributed by atoms with van der Waals surface area (Å²) >= 11 is 0. The summed E-state index contributed by atoms with van der Waals surface area (Å²) in [6.45, 7) is 9.28. The van der Waals surface area contributed by atoms with E-state index in [4.69, 9.17) is 5.26 Å². The highest BCUT2D eigenvalue weighted by molar-refractivity contribution is 5.14. The summed E-state index contributed by atoms with van der Waals surface area (Å²) in [6, 6.07) is 2.21. The molecule has 0 bridgehead atoms. The SMILES string of the molecule is CCC(=CCC#N)CCC1C(C)=CCCC1(C)C. The van der Waals surface area contributed by atoms with Crippen molar-refractivity contribution >= 4 is 0 Å². The van der Waals surface area contributed by atoms with Crippen LogP contribution in [0.2, 0.25) is 0 Å². The van der Waals surface area contributed by atoms with Crippen LogP contribution in [0.1, 0.15) is 66.2 Å². The molecule has 0 aliphatic heterocycles. The number of nitriles is 1. The van der Waals surface area contributed by atoms with Crippen molar-refractivity contribution in [3.8, 4) is 6.07 Å². The first kappa shape index (κ1) is 15.0. The summed E-state index contributed by atoms with van der Waals surface area (Å²) in [4.78, 5) is 0. The minimum Gasteiger partial charge on any atom is -0.198 e. The van der Waals surface area contributed by atoms with E-state index in [0.29, 0.717) is 17.8 Å². The van der Waals surface area contributed by atoms with E-state index in [-0.39, 0.29) is 0 Å². The lowest BCUT2D eigenvalue weighted by atomic mass is 9.66. The second kappa shape index (κ2) is 6.78. The summed E-state index contributed by atoms with van der Waals surface area (Å²) in [5, 5.41) is 8.65. The average molecular weight is 245 g/mol.